The van der Waals surface area contributed by atoms with Crippen LogP contribution in [0.2, 0.25) is 0 Å². The van der Waals surface area contributed by atoms with Gasteiger partial charge in [0.2, 0.25) is 15.9 Å². The molecule has 1 aliphatic rings. The zero-order chi connectivity index (χ0) is 15.7. The Balaban J connectivity index is 1.72. The number of aryl methyl sites for hydroxylation is 1. The zero-order valence-corrected chi connectivity index (χ0v) is 13.3. The second kappa shape index (κ2) is 5.60. The van der Waals surface area contributed by atoms with Crippen LogP contribution in [-0.2, 0) is 10.0 Å². The van der Waals surface area contributed by atoms with Gasteiger partial charge in [0, 0.05) is 12.2 Å². The van der Waals surface area contributed by atoms with Crippen molar-refractivity contribution in [2.24, 2.45) is 0 Å². The van der Waals surface area contributed by atoms with Crippen LogP contribution in [0.4, 0.5) is 11.4 Å². The maximum atomic E-state index is 11.9. The lowest BCUT2D eigenvalue weighted by molar-refractivity contribution is 0.364. The van der Waals surface area contributed by atoms with Crippen LogP contribution in [0, 0.1) is 6.92 Å². The van der Waals surface area contributed by atoms with Gasteiger partial charge in [-0.2, -0.15) is 4.98 Å². The van der Waals surface area contributed by atoms with Crippen LogP contribution in [0.3, 0.4) is 0 Å². The van der Waals surface area contributed by atoms with Crippen molar-refractivity contribution >= 4 is 21.4 Å². The highest BCUT2D eigenvalue weighted by Crippen LogP contribution is 2.26. The molecule has 1 aromatic carbocycles. The van der Waals surface area contributed by atoms with Crippen LogP contribution in [-0.4, -0.2) is 30.9 Å². The molecule has 0 spiro atoms. The van der Waals surface area contributed by atoms with Crippen LogP contribution in [0.1, 0.15) is 31.1 Å². The largest absolute Gasteiger partial charge is 0.374 e. The predicted molar refractivity (Wildman–Crippen MR) is 83.3 cm³/mol. The van der Waals surface area contributed by atoms with Gasteiger partial charge in [-0.05, 0) is 44.5 Å². The minimum Gasteiger partial charge on any atom is -0.374 e. The Morgan fingerprint density at radius 1 is 1.32 bits per heavy atom. The molecule has 7 nitrogen and oxygen atoms in total. The Kier molecular flexibility index (Phi) is 3.78. The fraction of sp³-hybridized carbons (Fsp3) is 0.429. The first-order valence-electron chi connectivity index (χ1n) is 7.13. The summed E-state index contributed by atoms with van der Waals surface area (Å²) in [7, 11) is -3.14. The second-order valence-corrected chi connectivity index (χ2v) is 7.35. The van der Waals surface area contributed by atoms with Gasteiger partial charge < -0.3 is 9.84 Å². The van der Waals surface area contributed by atoms with Gasteiger partial charge in [-0.15, -0.1) is 0 Å². The maximum Gasteiger partial charge on any atom is 0.248 e. The standard InChI is InChI=1S/C14H18N4O3S/c1-10(14-16-11(2)17-21-14)15-12-4-6-13(7-5-12)18-8-3-9-22(18,19)20/h4-7,10,15H,3,8-9H2,1-2H3/t10-/m0/s1. The summed E-state index contributed by atoms with van der Waals surface area (Å²) in [5, 5.41) is 7.01. The molecule has 1 aliphatic heterocycles. The van der Waals surface area contributed by atoms with E-state index < -0.39 is 10.0 Å². The molecule has 3 rings (SSSR count). The summed E-state index contributed by atoms with van der Waals surface area (Å²) in [6.07, 6.45) is 0.676. The lowest BCUT2D eigenvalue weighted by Gasteiger charge is -2.18. The van der Waals surface area contributed by atoms with E-state index in [2.05, 4.69) is 15.5 Å². The SMILES string of the molecule is Cc1noc([C@H](C)Nc2ccc(N3CCCS3(=O)=O)cc2)n1. The minimum absolute atomic E-state index is 0.123. The molecule has 0 aliphatic carbocycles. The molecular formula is C14H18N4O3S. The van der Waals surface area contributed by atoms with E-state index in [-0.39, 0.29) is 11.8 Å². The fourth-order valence-electron chi connectivity index (χ4n) is 2.45. The average molecular weight is 322 g/mol. The van der Waals surface area contributed by atoms with Crippen molar-refractivity contribution < 1.29 is 12.9 Å². The zero-order valence-electron chi connectivity index (χ0n) is 12.5. The van der Waals surface area contributed by atoms with Gasteiger partial charge in [0.1, 0.15) is 6.04 Å². The van der Waals surface area contributed by atoms with Gasteiger partial charge in [0.15, 0.2) is 5.82 Å². The van der Waals surface area contributed by atoms with Crippen LogP contribution in [0.5, 0.6) is 0 Å². The molecule has 1 N–H and O–H groups in total. The highest BCUT2D eigenvalue weighted by molar-refractivity contribution is 7.93. The van der Waals surface area contributed by atoms with E-state index in [1.54, 1.807) is 19.1 Å². The molecule has 118 valence electrons. The molecular weight excluding hydrogens is 304 g/mol. The average Bonchev–Trinajstić information content (AvgIpc) is 3.05. The Morgan fingerprint density at radius 2 is 2.05 bits per heavy atom. The number of aromatic nitrogens is 2. The van der Waals surface area contributed by atoms with Gasteiger partial charge in [-0.3, -0.25) is 4.31 Å². The first kappa shape index (κ1) is 14.8. The Bertz CT molecular complexity index is 755. The van der Waals surface area contributed by atoms with E-state index in [1.807, 2.05) is 19.1 Å². The fourth-order valence-corrected chi connectivity index (χ4v) is 4.02. The molecule has 1 atom stereocenters. The van der Waals surface area contributed by atoms with Crippen molar-refractivity contribution in [3.8, 4) is 0 Å². The normalized spacial score (nSPS) is 18.4. The van der Waals surface area contributed by atoms with E-state index in [0.29, 0.717) is 30.4 Å². The quantitative estimate of drug-likeness (QED) is 0.927. The van der Waals surface area contributed by atoms with Gasteiger partial charge in [-0.25, -0.2) is 8.42 Å². The molecule has 2 aromatic rings. The van der Waals surface area contributed by atoms with E-state index in [4.69, 9.17) is 4.52 Å². The minimum atomic E-state index is -3.14. The molecule has 0 saturated carbocycles. The number of nitrogens with zero attached hydrogens (tertiary/aromatic N) is 3. The second-order valence-electron chi connectivity index (χ2n) is 5.33. The van der Waals surface area contributed by atoms with Crippen LogP contribution < -0.4 is 9.62 Å². The number of hydrogen-bond acceptors (Lipinski definition) is 6. The van der Waals surface area contributed by atoms with Crippen molar-refractivity contribution in [3.05, 3.63) is 36.0 Å². The van der Waals surface area contributed by atoms with Crippen molar-refractivity contribution in [1.29, 1.82) is 0 Å². The Labute approximate surface area is 129 Å². The highest BCUT2D eigenvalue weighted by Gasteiger charge is 2.28. The Hall–Kier alpha value is -2.09. The van der Waals surface area contributed by atoms with Crippen LogP contribution in [0.15, 0.2) is 28.8 Å². The van der Waals surface area contributed by atoms with Crippen LogP contribution >= 0.6 is 0 Å². The monoisotopic (exact) mass is 322 g/mol. The maximum absolute atomic E-state index is 11.9. The molecule has 2 heterocycles. The van der Waals surface area contributed by atoms with Gasteiger partial charge in [0.05, 0.1) is 11.4 Å². The van der Waals surface area contributed by atoms with Crippen molar-refractivity contribution in [2.75, 3.05) is 21.9 Å². The number of nitrogens with one attached hydrogen (secondary N) is 1. The third-order valence-corrected chi connectivity index (χ3v) is 5.42. The summed E-state index contributed by atoms with van der Waals surface area (Å²) >= 11 is 0. The van der Waals surface area contributed by atoms with Gasteiger partial charge in [0.25, 0.3) is 0 Å². The third kappa shape index (κ3) is 2.92. The summed E-state index contributed by atoms with van der Waals surface area (Å²) < 4.78 is 30.4. The predicted octanol–water partition coefficient (Wildman–Crippen LogP) is 2.09. The number of sulfonamides is 1. The molecule has 0 radical (unpaired) electrons. The topological polar surface area (TPSA) is 88.3 Å². The first-order chi connectivity index (χ1) is 10.5. The smallest absolute Gasteiger partial charge is 0.248 e. The molecule has 22 heavy (non-hydrogen) atoms. The van der Waals surface area contributed by atoms with E-state index in [0.717, 1.165) is 5.69 Å². The highest BCUT2D eigenvalue weighted by atomic mass is 32.2. The lowest BCUT2D eigenvalue weighted by Crippen LogP contribution is -2.24. The summed E-state index contributed by atoms with van der Waals surface area (Å²) in [5.41, 5.74) is 1.56. The van der Waals surface area contributed by atoms with Crippen molar-refractivity contribution in [2.45, 2.75) is 26.3 Å². The molecule has 1 fully saturated rings. The summed E-state index contributed by atoms with van der Waals surface area (Å²) in [6.45, 7) is 4.24. The van der Waals surface area contributed by atoms with E-state index >= 15 is 0 Å². The molecule has 8 heteroatoms. The molecule has 0 bridgehead atoms. The van der Waals surface area contributed by atoms with Gasteiger partial charge >= 0.3 is 0 Å². The number of benzene rings is 1. The van der Waals surface area contributed by atoms with Crippen LogP contribution in [0.25, 0.3) is 0 Å². The van der Waals surface area contributed by atoms with E-state index in [9.17, 15) is 8.42 Å². The van der Waals surface area contributed by atoms with E-state index in [1.165, 1.54) is 4.31 Å². The number of anilines is 2. The van der Waals surface area contributed by atoms with Crippen molar-refractivity contribution in [3.63, 3.8) is 0 Å². The Morgan fingerprint density at radius 3 is 2.59 bits per heavy atom. The lowest BCUT2D eigenvalue weighted by atomic mass is 10.2. The molecule has 0 unspecified atom stereocenters. The summed E-state index contributed by atoms with van der Waals surface area (Å²) in [6, 6.07) is 7.18. The number of hydrogen-bond donors (Lipinski definition) is 1. The summed E-state index contributed by atoms with van der Waals surface area (Å²) in [4.78, 5) is 4.18. The molecule has 1 saturated heterocycles. The molecule has 0 amide bonds. The summed E-state index contributed by atoms with van der Waals surface area (Å²) in [5.74, 6) is 1.34. The third-order valence-electron chi connectivity index (χ3n) is 3.55. The number of rotatable bonds is 4. The molecule has 1 aromatic heterocycles. The van der Waals surface area contributed by atoms with Gasteiger partial charge in [-0.1, -0.05) is 5.16 Å². The first-order valence-corrected chi connectivity index (χ1v) is 8.74. The van der Waals surface area contributed by atoms with Crippen molar-refractivity contribution in [1.82, 2.24) is 10.1 Å².